The van der Waals surface area contributed by atoms with E-state index in [1.165, 1.54) is 17.6 Å². The van der Waals surface area contributed by atoms with Crippen molar-refractivity contribution in [1.29, 1.82) is 0 Å². The Morgan fingerprint density at radius 1 is 1.29 bits per heavy atom. The van der Waals surface area contributed by atoms with E-state index in [1.54, 1.807) is 23.3 Å². The number of carbonyl (C=O) groups excluding carboxylic acids is 1. The number of nitrogens with one attached hydrogen (secondary N) is 2. The van der Waals surface area contributed by atoms with Crippen LogP contribution >= 0.6 is 11.3 Å². The van der Waals surface area contributed by atoms with Crippen LogP contribution in [-0.4, -0.2) is 35.6 Å². The van der Waals surface area contributed by atoms with Crippen LogP contribution in [0.15, 0.2) is 40.7 Å². The lowest BCUT2D eigenvalue weighted by Crippen LogP contribution is -2.23. The highest BCUT2D eigenvalue weighted by Gasteiger charge is 2.17. The number of oxazole rings is 1. The van der Waals surface area contributed by atoms with E-state index in [4.69, 9.17) is 4.42 Å². The molecular weight excluding hydrogens is 380 g/mol. The number of anilines is 2. The van der Waals surface area contributed by atoms with Crippen LogP contribution in [0.25, 0.3) is 11.4 Å². The molecule has 0 aliphatic carbocycles. The molecule has 4 aromatic rings. The van der Waals surface area contributed by atoms with Gasteiger partial charge in [0, 0.05) is 30.9 Å². The SMILES string of the molecule is Cc1cnc(Nc2ccnn2C)nc1-c1coc(C(=O)NCc2nccs2)n1. The first kappa shape index (κ1) is 17.8. The fourth-order valence-corrected chi connectivity index (χ4v) is 2.99. The molecule has 0 aromatic carbocycles. The summed E-state index contributed by atoms with van der Waals surface area (Å²) in [5.41, 5.74) is 1.83. The predicted octanol–water partition coefficient (Wildman–Crippen LogP) is 2.30. The van der Waals surface area contributed by atoms with Gasteiger partial charge in [-0.3, -0.25) is 9.48 Å². The topological polar surface area (TPSA) is 124 Å². The number of thiazole rings is 1. The molecule has 11 heteroatoms. The Balaban J connectivity index is 1.52. The van der Waals surface area contributed by atoms with E-state index in [2.05, 4.69) is 35.7 Å². The van der Waals surface area contributed by atoms with Gasteiger partial charge in [0.15, 0.2) is 0 Å². The van der Waals surface area contributed by atoms with E-state index in [0.29, 0.717) is 23.9 Å². The van der Waals surface area contributed by atoms with Gasteiger partial charge in [0.25, 0.3) is 5.89 Å². The van der Waals surface area contributed by atoms with Crippen LogP contribution in [-0.2, 0) is 13.6 Å². The first-order valence-electron chi connectivity index (χ1n) is 8.31. The summed E-state index contributed by atoms with van der Waals surface area (Å²) in [5, 5.41) is 12.6. The second kappa shape index (κ2) is 7.56. The lowest BCUT2D eigenvalue weighted by molar-refractivity contribution is 0.0916. The largest absolute Gasteiger partial charge is 0.440 e. The molecule has 10 nitrogen and oxygen atoms in total. The molecule has 4 heterocycles. The molecule has 4 rings (SSSR count). The van der Waals surface area contributed by atoms with Gasteiger partial charge in [-0.05, 0) is 12.5 Å². The number of rotatable bonds is 6. The third-order valence-electron chi connectivity index (χ3n) is 3.86. The minimum Gasteiger partial charge on any atom is -0.440 e. The molecule has 0 aliphatic rings. The summed E-state index contributed by atoms with van der Waals surface area (Å²) in [5.74, 6) is 0.686. The van der Waals surface area contributed by atoms with Crippen LogP contribution in [0.3, 0.4) is 0 Å². The van der Waals surface area contributed by atoms with Crippen LogP contribution in [0.5, 0.6) is 0 Å². The Morgan fingerprint density at radius 2 is 2.18 bits per heavy atom. The molecule has 0 unspecified atom stereocenters. The lowest BCUT2D eigenvalue weighted by atomic mass is 10.2. The van der Waals surface area contributed by atoms with Gasteiger partial charge in [-0.1, -0.05) is 0 Å². The maximum atomic E-state index is 12.2. The summed E-state index contributed by atoms with van der Waals surface area (Å²) in [7, 11) is 1.81. The van der Waals surface area contributed by atoms with Crippen LogP contribution in [0.2, 0.25) is 0 Å². The monoisotopic (exact) mass is 396 g/mol. The van der Waals surface area contributed by atoms with Crippen LogP contribution in [0.1, 0.15) is 21.3 Å². The molecule has 0 atom stereocenters. The number of hydrogen-bond acceptors (Lipinski definition) is 9. The smallest absolute Gasteiger partial charge is 0.307 e. The Morgan fingerprint density at radius 3 is 2.93 bits per heavy atom. The van der Waals surface area contributed by atoms with Crippen molar-refractivity contribution < 1.29 is 9.21 Å². The highest BCUT2D eigenvalue weighted by atomic mass is 32.1. The van der Waals surface area contributed by atoms with Gasteiger partial charge in [0.1, 0.15) is 28.5 Å². The zero-order valence-corrected chi connectivity index (χ0v) is 15.9. The van der Waals surface area contributed by atoms with E-state index in [1.807, 2.05) is 25.4 Å². The maximum absolute atomic E-state index is 12.2. The second-order valence-corrected chi connectivity index (χ2v) is 6.82. The second-order valence-electron chi connectivity index (χ2n) is 5.84. The molecule has 0 spiro atoms. The van der Waals surface area contributed by atoms with Gasteiger partial charge < -0.3 is 15.1 Å². The van der Waals surface area contributed by atoms with Crippen LogP contribution in [0.4, 0.5) is 11.8 Å². The molecule has 0 aliphatic heterocycles. The standard InChI is InChI=1S/C17H16N8O2S/c1-10-7-20-17(23-12-3-4-21-25(12)2)24-14(10)11-9-27-16(22-11)15(26)19-8-13-18-5-6-28-13/h3-7,9H,8H2,1-2H3,(H,19,26)(H,20,23,24). The zero-order valence-electron chi connectivity index (χ0n) is 15.1. The first-order valence-corrected chi connectivity index (χ1v) is 9.19. The predicted molar refractivity (Wildman–Crippen MR) is 102 cm³/mol. The Kier molecular flexibility index (Phi) is 4.81. The van der Waals surface area contributed by atoms with Crippen molar-refractivity contribution in [3.8, 4) is 11.4 Å². The summed E-state index contributed by atoms with van der Waals surface area (Å²) < 4.78 is 7.01. The van der Waals surface area contributed by atoms with Crippen molar-refractivity contribution in [3.05, 3.63) is 52.8 Å². The third-order valence-corrected chi connectivity index (χ3v) is 4.64. The normalized spacial score (nSPS) is 10.8. The average molecular weight is 396 g/mol. The fraction of sp³-hybridized carbons (Fsp3) is 0.176. The van der Waals surface area contributed by atoms with Gasteiger partial charge in [-0.25, -0.2) is 19.9 Å². The maximum Gasteiger partial charge on any atom is 0.307 e. The number of amides is 1. The number of nitrogens with zero attached hydrogens (tertiary/aromatic N) is 6. The van der Waals surface area contributed by atoms with Crippen molar-refractivity contribution in [1.82, 2.24) is 35.0 Å². The molecule has 2 N–H and O–H groups in total. The summed E-state index contributed by atoms with van der Waals surface area (Å²) in [6, 6.07) is 1.81. The van der Waals surface area contributed by atoms with Crippen LogP contribution in [0, 0.1) is 6.92 Å². The van der Waals surface area contributed by atoms with E-state index in [9.17, 15) is 4.79 Å². The van der Waals surface area contributed by atoms with Gasteiger partial charge >= 0.3 is 5.91 Å². The van der Waals surface area contributed by atoms with Crippen molar-refractivity contribution >= 4 is 29.0 Å². The number of aryl methyl sites for hydroxylation is 2. The molecule has 0 radical (unpaired) electrons. The van der Waals surface area contributed by atoms with E-state index in [-0.39, 0.29) is 5.89 Å². The summed E-state index contributed by atoms with van der Waals surface area (Å²) in [6.45, 7) is 2.18. The fourth-order valence-electron chi connectivity index (χ4n) is 2.43. The highest BCUT2D eigenvalue weighted by molar-refractivity contribution is 7.09. The van der Waals surface area contributed by atoms with Crippen molar-refractivity contribution in [2.45, 2.75) is 13.5 Å². The molecular formula is C17H16N8O2S. The minimum atomic E-state index is -0.415. The molecule has 0 saturated carbocycles. The van der Waals surface area contributed by atoms with E-state index >= 15 is 0 Å². The highest BCUT2D eigenvalue weighted by Crippen LogP contribution is 2.22. The number of carbonyl (C=O) groups is 1. The summed E-state index contributed by atoms with van der Waals surface area (Å²) >= 11 is 1.46. The van der Waals surface area contributed by atoms with Gasteiger partial charge in [-0.2, -0.15) is 5.10 Å². The van der Waals surface area contributed by atoms with Crippen molar-refractivity contribution in [2.24, 2.45) is 7.05 Å². The van der Waals surface area contributed by atoms with Gasteiger partial charge in [0.2, 0.25) is 5.95 Å². The van der Waals surface area contributed by atoms with E-state index in [0.717, 1.165) is 16.4 Å². The molecule has 4 aromatic heterocycles. The molecule has 142 valence electrons. The van der Waals surface area contributed by atoms with Gasteiger partial charge in [-0.15, -0.1) is 11.3 Å². The first-order chi connectivity index (χ1) is 13.6. The Labute approximate surface area is 163 Å². The number of aromatic nitrogens is 6. The lowest BCUT2D eigenvalue weighted by Gasteiger charge is -2.07. The Hall–Kier alpha value is -3.60. The number of hydrogen-bond donors (Lipinski definition) is 2. The summed E-state index contributed by atoms with van der Waals surface area (Å²) in [4.78, 5) is 29.4. The molecule has 28 heavy (non-hydrogen) atoms. The molecule has 0 saturated heterocycles. The Bertz CT molecular complexity index is 1100. The van der Waals surface area contributed by atoms with Crippen molar-refractivity contribution in [2.75, 3.05) is 5.32 Å². The summed E-state index contributed by atoms with van der Waals surface area (Å²) in [6.07, 6.45) is 6.44. The third kappa shape index (κ3) is 3.74. The molecule has 0 bridgehead atoms. The van der Waals surface area contributed by atoms with Gasteiger partial charge in [0.05, 0.1) is 12.7 Å². The molecule has 1 amide bonds. The quantitative estimate of drug-likeness (QED) is 0.509. The van der Waals surface area contributed by atoms with Crippen LogP contribution < -0.4 is 10.6 Å². The van der Waals surface area contributed by atoms with Crippen molar-refractivity contribution in [3.63, 3.8) is 0 Å². The zero-order chi connectivity index (χ0) is 19.5. The molecule has 0 fully saturated rings. The minimum absolute atomic E-state index is 0.0364. The van der Waals surface area contributed by atoms with E-state index < -0.39 is 5.91 Å². The average Bonchev–Trinajstić information content (AvgIpc) is 3.44.